The number of anilines is 2. The maximum atomic E-state index is 12.3. The van der Waals surface area contributed by atoms with Crippen LogP contribution in [0, 0.1) is 0 Å². The van der Waals surface area contributed by atoms with Gasteiger partial charge in [-0.1, -0.05) is 0 Å². The molecule has 118 valence electrons. The molecule has 0 aliphatic carbocycles. The predicted octanol–water partition coefficient (Wildman–Crippen LogP) is 2.88. The van der Waals surface area contributed by atoms with Crippen LogP contribution in [0.4, 0.5) is 15.5 Å². The average Bonchev–Trinajstić information content (AvgIpc) is 3.19. The van der Waals surface area contributed by atoms with E-state index in [1.807, 2.05) is 15.8 Å². The third kappa shape index (κ3) is 3.24. The number of carbonyl (C=O) groups is 1. The Kier molecular flexibility index (Phi) is 4.33. The number of rotatable bonds is 3. The third-order valence-electron chi connectivity index (χ3n) is 3.77. The van der Waals surface area contributed by atoms with Crippen molar-refractivity contribution in [2.24, 2.45) is 0 Å². The molecule has 2 amide bonds. The van der Waals surface area contributed by atoms with E-state index in [4.69, 9.17) is 0 Å². The van der Waals surface area contributed by atoms with Crippen LogP contribution in [-0.2, 0) is 0 Å². The molecule has 0 unspecified atom stereocenters. The van der Waals surface area contributed by atoms with Crippen molar-refractivity contribution < 1.29 is 4.79 Å². The zero-order valence-corrected chi connectivity index (χ0v) is 13.7. The first-order valence-electron chi connectivity index (χ1n) is 7.52. The molecule has 0 saturated carbocycles. The highest BCUT2D eigenvalue weighted by Crippen LogP contribution is 2.22. The standard InChI is InChI=1S/C15H21N5OS/c1-12(2)20-11-13(10-16-20)17-15(21)19-7-5-18(6-8-19)14-4-3-9-22-14/h3-4,9-12H,5-8H2,1-2H3,(H,17,21). The summed E-state index contributed by atoms with van der Waals surface area (Å²) in [5.41, 5.74) is 0.749. The fourth-order valence-corrected chi connectivity index (χ4v) is 3.25. The van der Waals surface area contributed by atoms with E-state index in [1.54, 1.807) is 17.5 Å². The molecule has 2 aromatic heterocycles. The van der Waals surface area contributed by atoms with Crippen molar-refractivity contribution in [2.45, 2.75) is 19.9 Å². The van der Waals surface area contributed by atoms with Gasteiger partial charge in [0.1, 0.15) is 0 Å². The van der Waals surface area contributed by atoms with Gasteiger partial charge in [0.15, 0.2) is 0 Å². The summed E-state index contributed by atoms with van der Waals surface area (Å²) in [4.78, 5) is 16.5. The van der Waals surface area contributed by atoms with Crippen molar-refractivity contribution in [2.75, 3.05) is 36.4 Å². The molecule has 7 heteroatoms. The molecular weight excluding hydrogens is 298 g/mol. The smallest absolute Gasteiger partial charge is 0.322 e. The number of nitrogens with zero attached hydrogens (tertiary/aromatic N) is 4. The Balaban J connectivity index is 1.53. The number of urea groups is 1. The van der Waals surface area contributed by atoms with E-state index in [2.05, 4.69) is 46.7 Å². The van der Waals surface area contributed by atoms with Crippen LogP contribution in [0.25, 0.3) is 0 Å². The number of thiophene rings is 1. The van der Waals surface area contributed by atoms with Gasteiger partial charge in [0, 0.05) is 38.4 Å². The number of aromatic nitrogens is 2. The number of hydrogen-bond acceptors (Lipinski definition) is 4. The van der Waals surface area contributed by atoms with Crippen molar-refractivity contribution in [3.63, 3.8) is 0 Å². The minimum absolute atomic E-state index is 0.0471. The van der Waals surface area contributed by atoms with Gasteiger partial charge in [0.05, 0.1) is 16.9 Å². The molecule has 1 saturated heterocycles. The molecule has 1 aliphatic heterocycles. The number of piperazine rings is 1. The Morgan fingerprint density at radius 2 is 2.09 bits per heavy atom. The summed E-state index contributed by atoms with van der Waals surface area (Å²) in [6.45, 7) is 7.34. The zero-order valence-electron chi connectivity index (χ0n) is 12.9. The van der Waals surface area contributed by atoms with Gasteiger partial charge >= 0.3 is 6.03 Å². The molecular formula is C15H21N5OS. The van der Waals surface area contributed by atoms with E-state index in [0.29, 0.717) is 6.04 Å². The Hall–Kier alpha value is -2.02. The minimum Gasteiger partial charge on any atom is -0.360 e. The molecule has 0 aromatic carbocycles. The van der Waals surface area contributed by atoms with Crippen LogP contribution in [0.5, 0.6) is 0 Å². The van der Waals surface area contributed by atoms with Crippen LogP contribution in [-0.4, -0.2) is 46.9 Å². The van der Waals surface area contributed by atoms with E-state index in [0.717, 1.165) is 31.9 Å². The fourth-order valence-electron chi connectivity index (χ4n) is 2.47. The van der Waals surface area contributed by atoms with Gasteiger partial charge < -0.3 is 15.1 Å². The highest BCUT2D eigenvalue weighted by Gasteiger charge is 2.22. The van der Waals surface area contributed by atoms with E-state index in [9.17, 15) is 4.79 Å². The molecule has 1 aliphatic rings. The lowest BCUT2D eigenvalue weighted by molar-refractivity contribution is 0.208. The van der Waals surface area contributed by atoms with Gasteiger partial charge in [0.25, 0.3) is 0 Å². The Morgan fingerprint density at radius 1 is 1.32 bits per heavy atom. The first kappa shape index (κ1) is 14.9. The molecule has 0 bridgehead atoms. The van der Waals surface area contributed by atoms with Gasteiger partial charge in [-0.3, -0.25) is 4.68 Å². The number of carbonyl (C=O) groups excluding carboxylic acids is 1. The summed E-state index contributed by atoms with van der Waals surface area (Å²) in [6, 6.07) is 4.43. The summed E-state index contributed by atoms with van der Waals surface area (Å²) in [6.07, 6.45) is 3.56. The number of hydrogen-bond donors (Lipinski definition) is 1. The summed E-state index contributed by atoms with van der Waals surface area (Å²) in [7, 11) is 0. The molecule has 3 heterocycles. The Bertz CT molecular complexity index is 614. The molecule has 1 fully saturated rings. The van der Waals surface area contributed by atoms with Gasteiger partial charge in [-0.05, 0) is 31.4 Å². The summed E-state index contributed by atoms with van der Waals surface area (Å²) in [5.74, 6) is 0. The second-order valence-corrected chi connectivity index (χ2v) is 6.58. The minimum atomic E-state index is -0.0471. The van der Waals surface area contributed by atoms with E-state index < -0.39 is 0 Å². The SMILES string of the molecule is CC(C)n1cc(NC(=O)N2CCN(c3cccs3)CC2)cn1. The predicted molar refractivity (Wildman–Crippen MR) is 89.7 cm³/mol. The topological polar surface area (TPSA) is 53.4 Å². The van der Waals surface area contributed by atoms with E-state index in [1.165, 1.54) is 5.00 Å². The summed E-state index contributed by atoms with van der Waals surface area (Å²) >= 11 is 1.74. The van der Waals surface area contributed by atoms with Gasteiger partial charge in [-0.25, -0.2) is 4.79 Å². The van der Waals surface area contributed by atoms with E-state index >= 15 is 0 Å². The molecule has 1 N–H and O–H groups in total. The van der Waals surface area contributed by atoms with Crippen LogP contribution in [0.2, 0.25) is 0 Å². The highest BCUT2D eigenvalue weighted by molar-refractivity contribution is 7.14. The van der Waals surface area contributed by atoms with Crippen LogP contribution < -0.4 is 10.2 Å². The van der Waals surface area contributed by atoms with Crippen molar-refractivity contribution >= 4 is 28.1 Å². The Labute approximate surface area is 134 Å². The largest absolute Gasteiger partial charge is 0.360 e. The molecule has 0 atom stereocenters. The molecule has 0 radical (unpaired) electrons. The van der Waals surface area contributed by atoms with Gasteiger partial charge in [-0.2, -0.15) is 5.10 Å². The molecule has 6 nitrogen and oxygen atoms in total. The zero-order chi connectivity index (χ0) is 15.5. The van der Waals surface area contributed by atoms with Crippen molar-refractivity contribution in [1.29, 1.82) is 0 Å². The average molecular weight is 319 g/mol. The quantitative estimate of drug-likeness (QED) is 0.946. The molecule has 2 aromatic rings. The summed E-state index contributed by atoms with van der Waals surface area (Å²) < 4.78 is 1.84. The maximum Gasteiger partial charge on any atom is 0.322 e. The lowest BCUT2D eigenvalue weighted by Gasteiger charge is -2.35. The first-order valence-corrected chi connectivity index (χ1v) is 8.40. The van der Waals surface area contributed by atoms with Crippen molar-refractivity contribution in [3.8, 4) is 0 Å². The van der Waals surface area contributed by atoms with Crippen LogP contribution in [0.1, 0.15) is 19.9 Å². The monoisotopic (exact) mass is 319 g/mol. The Morgan fingerprint density at radius 3 is 2.68 bits per heavy atom. The van der Waals surface area contributed by atoms with Crippen LogP contribution >= 0.6 is 11.3 Å². The second-order valence-electron chi connectivity index (χ2n) is 5.66. The van der Waals surface area contributed by atoms with Crippen LogP contribution in [0.3, 0.4) is 0 Å². The maximum absolute atomic E-state index is 12.3. The first-order chi connectivity index (χ1) is 10.6. The number of nitrogens with one attached hydrogen (secondary N) is 1. The third-order valence-corrected chi connectivity index (χ3v) is 4.70. The lowest BCUT2D eigenvalue weighted by atomic mass is 10.3. The highest BCUT2D eigenvalue weighted by atomic mass is 32.1. The van der Waals surface area contributed by atoms with Crippen molar-refractivity contribution in [3.05, 3.63) is 29.9 Å². The summed E-state index contributed by atoms with van der Waals surface area (Å²) in [5, 5.41) is 10.5. The van der Waals surface area contributed by atoms with E-state index in [-0.39, 0.29) is 6.03 Å². The fraction of sp³-hybridized carbons (Fsp3) is 0.467. The molecule has 22 heavy (non-hydrogen) atoms. The van der Waals surface area contributed by atoms with Gasteiger partial charge in [0.2, 0.25) is 0 Å². The molecule has 3 rings (SSSR count). The second kappa shape index (κ2) is 6.39. The normalized spacial score (nSPS) is 15.4. The molecule has 0 spiro atoms. The lowest BCUT2D eigenvalue weighted by Crippen LogP contribution is -2.49. The van der Waals surface area contributed by atoms with Crippen molar-refractivity contribution in [1.82, 2.24) is 14.7 Å². The number of amides is 2. The van der Waals surface area contributed by atoms with Gasteiger partial charge in [-0.15, -0.1) is 11.3 Å². The van der Waals surface area contributed by atoms with Crippen LogP contribution in [0.15, 0.2) is 29.9 Å².